The molecule has 6 rings (SSSR count). The molecule has 0 spiro atoms. The van der Waals surface area contributed by atoms with Crippen molar-refractivity contribution in [1.82, 2.24) is 9.55 Å². The SMILES string of the molecule is CC(C)c1cccc(C(C)C)c1-n1c(-c2coc3ccc(-c4ccccc4)cc23)nc2ccccc21. The molecule has 3 nitrogen and oxygen atoms in total. The predicted octanol–water partition coefficient (Wildman–Crippen LogP) is 9.35. The van der Waals surface area contributed by atoms with Crippen LogP contribution >= 0.6 is 0 Å². The van der Waals surface area contributed by atoms with Crippen LogP contribution in [0.4, 0.5) is 0 Å². The third kappa shape index (κ3) is 3.63. The molecular weight excluding hydrogens is 440 g/mol. The van der Waals surface area contributed by atoms with Gasteiger partial charge < -0.3 is 4.42 Å². The number of nitrogens with zero attached hydrogens (tertiary/aromatic N) is 2. The summed E-state index contributed by atoms with van der Waals surface area (Å²) < 4.78 is 8.44. The van der Waals surface area contributed by atoms with Gasteiger partial charge in [0.25, 0.3) is 0 Å². The average molecular weight is 471 g/mol. The van der Waals surface area contributed by atoms with E-state index in [9.17, 15) is 0 Å². The number of hydrogen-bond donors (Lipinski definition) is 0. The standard InChI is InChI=1S/C33H30N2O/c1-21(2)25-13-10-14-26(22(3)4)32(25)35-30-16-9-8-15-29(30)34-33(35)28-20-36-31-18-17-24(19-27(28)31)23-11-6-5-7-12-23/h5-22H,1-4H3. The molecule has 0 aliphatic carbocycles. The molecule has 0 unspecified atom stereocenters. The number of rotatable bonds is 5. The Balaban J connectivity index is 1.68. The zero-order chi connectivity index (χ0) is 24.8. The summed E-state index contributed by atoms with van der Waals surface area (Å²) in [6, 6.07) is 32.0. The fraction of sp³-hybridized carbons (Fsp3) is 0.182. The second-order valence-electron chi connectivity index (χ2n) is 10.1. The van der Waals surface area contributed by atoms with Crippen LogP contribution in [0, 0.1) is 0 Å². The van der Waals surface area contributed by atoms with Gasteiger partial charge in [-0.2, -0.15) is 0 Å². The first-order valence-electron chi connectivity index (χ1n) is 12.7. The summed E-state index contributed by atoms with van der Waals surface area (Å²) in [4.78, 5) is 5.19. The molecule has 0 fully saturated rings. The van der Waals surface area contributed by atoms with Gasteiger partial charge in [0, 0.05) is 5.39 Å². The fourth-order valence-corrected chi connectivity index (χ4v) is 5.22. The van der Waals surface area contributed by atoms with Gasteiger partial charge >= 0.3 is 0 Å². The summed E-state index contributed by atoms with van der Waals surface area (Å²) >= 11 is 0. The molecule has 0 N–H and O–H groups in total. The Morgan fingerprint density at radius 2 is 1.39 bits per heavy atom. The van der Waals surface area contributed by atoms with Gasteiger partial charge in [-0.1, -0.05) is 94.4 Å². The molecule has 2 heterocycles. The quantitative estimate of drug-likeness (QED) is 0.251. The van der Waals surface area contributed by atoms with Crippen LogP contribution < -0.4 is 0 Å². The zero-order valence-electron chi connectivity index (χ0n) is 21.2. The minimum absolute atomic E-state index is 0.374. The van der Waals surface area contributed by atoms with E-state index in [-0.39, 0.29) is 0 Å². The lowest BCUT2D eigenvalue weighted by atomic mass is 9.92. The highest BCUT2D eigenvalue weighted by Gasteiger charge is 2.23. The highest BCUT2D eigenvalue weighted by molar-refractivity contribution is 5.97. The lowest BCUT2D eigenvalue weighted by Gasteiger charge is -2.22. The van der Waals surface area contributed by atoms with Gasteiger partial charge in [-0.25, -0.2) is 4.98 Å². The maximum atomic E-state index is 6.08. The average Bonchev–Trinajstić information content (AvgIpc) is 3.49. The zero-order valence-corrected chi connectivity index (χ0v) is 21.2. The molecule has 6 aromatic rings. The molecule has 2 aromatic heterocycles. The van der Waals surface area contributed by atoms with Crippen molar-refractivity contribution in [3.63, 3.8) is 0 Å². The highest BCUT2D eigenvalue weighted by Crippen LogP contribution is 2.40. The lowest BCUT2D eigenvalue weighted by Crippen LogP contribution is -2.08. The first-order valence-corrected chi connectivity index (χ1v) is 12.7. The van der Waals surface area contributed by atoms with E-state index in [1.807, 2.05) is 12.3 Å². The number of furan rings is 1. The van der Waals surface area contributed by atoms with Crippen LogP contribution in [0.25, 0.3) is 50.2 Å². The number of aromatic nitrogens is 2. The van der Waals surface area contributed by atoms with E-state index in [1.165, 1.54) is 27.9 Å². The van der Waals surface area contributed by atoms with Crippen LogP contribution in [0.5, 0.6) is 0 Å². The van der Waals surface area contributed by atoms with Crippen LogP contribution in [-0.2, 0) is 0 Å². The van der Waals surface area contributed by atoms with Crippen molar-refractivity contribution in [3.05, 3.63) is 108 Å². The van der Waals surface area contributed by atoms with Crippen LogP contribution in [0.15, 0.2) is 102 Å². The van der Waals surface area contributed by atoms with Gasteiger partial charge in [-0.15, -0.1) is 0 Å². The van der Waals surface area contributed by atoms with Crippen molar-refractivity contribution in [2.45, 2.75) is 39.5 Å². The topological polar surface area (TPSA) is 31.0 Å². The van der Waals surface area contributed by atoms with Crippen LogP contribution in [0.3, 0.4) is 0 Å². The maximum Gasteiger partial charge on any atom is 0.149 e. The third-order valence-electron chi connectivity index (χ3n) is 7.05. The number of hydrogen-bond acceptors (Lipinski definition) is 2. The molecule has 0 saturated carbocycles. The van der Waals surface area contributed by atoms with Crippen molar-refractivity contribution in [2.75, 3.05) is 0 Å². The Labute approximate surface area is 212 Å². The lowest BCUT2D eigenvalue weighted by molar-refractivity contribution is 0.616. The van der Waals surface area contributed by atoms with Crippen molar-refractivity contribution in [2.24, 2.45) is 0 Å². The van der Waals surface area contributed by atoms with Gasteiger partial charge in [0.05, 0.1) is 22.3 Å². The fourth-order valence-electron chi connectivity index (χ4n) is 5.22. The molecule has 0 bridgehead atoms. The van der Waals surface area contributed by atoms with Gasteiger partial charge in [0.15, 0.2) is 0 Å². The van der Waals surface area contributed by atoms with Gasteiger partial charge in [-0.3, -0.25) is 4.57 Å². The molecule has 4 aromatic carbocycles. The maximum absolute atomic E-state index is 6.08. The number of benzene rings is 4. The summed E-state index contributed by atoms with van der Waals surface area (Å²) in [6.45, 7) is 9.06. The van der Waals surface area contributed by atoms with Gasteiger partial charge in [-0.05, 0) is 58.4 Å². The summed E-state index contributed by atoms with van der Waals surface area (Å²) in [5.41, 5.74) is 10.2. The first-order chi connectivity index (χ1) is 17.5. The molecule has 0 saturated heterocycles. The van der Waals surface area contributed by atoms with E-state index < -0.39 is 0 Å². The molecule has 0 radical (unpaired) electrons. The smallest absolute Gasteiger partial charge is 0.149 e. The van der Waals surface area contributed by atoms with Crippen molar-refractivity contribution >= 4 is 22.0 Å². The minimum atomic E-state index is 0.374. The molecule has 0 aliphatic heterocycles. The van der Waals surface area contributed by atoms with Crippen LogP contribution in [0.2, 0.25) is 0 Å². The Morgan fingerprint density at radius 3 is 2.11 bits per heavy atom. The summed E-state index contributed by atoms with van der Waals surface area (Å²) in [6.07, 6.45) is 1.87. The van der Waals surface area contributed by atoms with E-state index in [4.69, 9.17) is 9.40 Å². The van der Waals surface area contributed by atoms with E-state index in [0.717, 1.165) is 33.4 Å². The number of fused-ring (bicyclic) bond motifs is 2. The first kappa shape index (κ1) is 22.4. The van der Waals surface area contributed by atoms with E-state index in [1.54, 1.807) is 0 Å². The summed E-state index contributed by atoms with van der Waals surface area (Å²) in [5.74, 6) is 1.66. The van der Waals surface area contributed by atoms with Gasteiger partial charge in [0.1, 0.15) is 17.7 Å². The molecule has 0 atom stereocenters. The number of imidazole rings is 1. The largest absolute Gasteiger partial charge is 0.464 e. The van der Waals surface area contributed by atoms with Crippen molar-refractivity contribution in [1.29, 1.82) is 0 Å². The Hall–Kier alpha value is -4.11. The molecule has 3 heteroatoms. The van der Waals surface area contributed by atoms with E-state index >= 15 is 0 Å². The second kappa shape index (κ2) is 8.83. The van der Waals surface area contributed by atoms with Crippen molar-refractivity contribution < 1.29 is 4.42 Å². The molecular formula is C33H30N2O. The number of para-hydroxylation sites is 3. The Kier molecular flexibility index (Phi) is 5.49. The van der Waals surface area contributed by atoms with E-state index in [0.29, 0.717) is 11.8 Å². The minimum Gasteiger partial charge on any atom is -0.464 e. The third-order valence-corrected chi connectivity index (χ3v) is 7.05. The van der Waals surface area contributed by atoms with Crippen LogP contribution in [-0.4, -0.2) is 9.55 Å². The van der Waals surface area contributed by atoms with Crippen molar-refractivity contribution in [3.8, 4) is 28.2 Å². The second-order valence-corrected chi connectivity index (χ2v) is 10.1. The summed E-state index contributed by atoms with van der Waals surface area (Å²) in [7, 11) is 0. The molecule has 0 amide bonds. The Morgan fingerprint density at radius 1 is 0.694 bits per heavy atom. The molecule has 178 valence electrons. The van der Waals surface area contributed by atoms with Crippen LogP contribution in [0.1, 0.15) is 50.7 Å². The summed E-state index contributed by atoms with van der Waals surface area (Å²) in [5, 5.41) is 1.07. The Bertz CT molecular complexity index is 1660. The highest BCUT2D eigenvalue weighted by atomic mass is 16.3. The predicted molar refractivity (Wildman–Crippen MR) is 150 cm³/mol. The molecule has 36 heavy (non-hydrogen) atoms. The molecule has 0 aliphatic rings. The monoisotopic (exact) mass is 470 g/mol. The van der Waals surface area contributed by atoms with E-state index in [2.05, 4.69) is 117 Å². The normalized spacial score (nSPS) is 11.8. The van der Waals surface area contributed by atoms with Gasteiger partial charge in [0.2, 0.25) is 0 Å².